The van der Waals surface area contributed by atoms with Gasteiger partial charge in [0.1, 0.15) is 0 Å². The largest absolute Gasteiger partial charge is 0.352 e. The molecule has 0 spiro atoms. The molecule has 1 fully saturated rings. The van der Waals surface area contributed by atoms with Crippen LogP contribution in [0.3, 0.4) is 0 Å². The molecule has 26 heavy (non-hydrogen) atoms. The first-order valence-corrected chi connectivity index (χ1v) is 9.89. The molecular formula is C22H27ClN2O. The van der Waals surface area contributed by atoms with Crippen molar-refractivity contribution in [3.05, 3.63) is 70.2 Å². The molecule has 1 amide bonds. The van der Waals surface area contributed by atoms with E-state index in [2.05, 4.69) is 34.5 Å². The minimum atomic E-state index is 0.0614. The Kier molecular flexibility index (Phi) is 7.10. The number of nitrogens with one attached hydrogen (secondary N) is 1. The Morgan fingerprint density at radius 2 is 1.77 bits per heavy atom. The van der Waals surface area contributed by atoms with Crippen LogP contribution in [0.25, 0.3) is 0 Å². The molecule has 1 aliphatic heterocycles. The van der Waals surface area contributed by atoms with Crippen molar-refractivity contribution >= 4 is 17.5 Å². The first-order chi connectivity index (χ1) is 12.7. The lowest BCUT2D eigenvalue weighted by molar-refractivity contribution is -0.121. The Labute approximate surface area is 161 Å². The van der Waals surface area contributed by atoms with E-state index in [0.29, 0.717) is 19.4 Å². The second-order valence-electron chi connectivity index (χ2n) is 7.02. The first-order valence-electron chi connectivity index (χ1n) is 9.51. The number of benzene rings is 2. The Morgan fingerprint density at radius 3 is 2.58 bits per heavy atom. The maximum atomic E-state index is 12.1. The third-order valence-corrected chi connectivity index (χ3v) is 5.28. The van der Waals surface area contributed by atoms with Crippen molar-refractivity contribution in [1.82, 2.24) is 10.2 Å². The van der Waals surface area contributed by atoms with Crippen LogP contribution in [0.1, 0.15) is 42.4 Å². The summed E-state index contributed by atoms with van der Waals surface area (Å²) in [4.78, 5) is 14.7. The van der Waals surface area contributed by atoms with Crippen LogP contribution in [0.5, 0.6) is 0 Å². The van der Waals surface area contributed by atoms with E-state index in [1.807, 2.05) is 24.3 Å². The average molecular weight is 371 g/mol. The number of carbonyl (C=O) groups excluding carboxylic acids is 1. The van der Waals surface area contributed by atoms with Crippen molar-refractivity contribution in [2.24, 2.45) is 0 Å². The van der Waals surface area contributed by atoms with Gasteiger partial charge in [0.25, 0.3) is 0 Å². The van der Waals surface area contributed by atoms with Crippen LogP contribution in [-0.2, 0) is 24.3 Å². The van der Waals surface area contributed by atoms with Gasteiger partial charge in [-0.3, -0.25) is 9.69 Å². The maximum Gasteiger partial charge on any atom is 0.220 e. The summed E-state index contributed by atoms with van der Waals surface area (Å²) in [5.74, 6) is 0.0614. The standard InChI is InChI=1S/C22H27ClN2O/c23-21-10-3-2-9-20(21)11-12-22(26)24-16-18-7-6-8-19(15-18)17-25-13-4-1-5-14-25/h2-3,6-10,15H,1,4-5,11-14,16-17H2,(H,24,26). The predicted molar refractivity (Wildman–Crippen MR) is 107 cm³/mol. The number of nitrogens with zero attached hydrogens (tertiary/aromatic N) is 1. The predicted octanol–water partition coefficient (Wildman–Crippen LogP) is 4.57. The fraction of sp³-hybridized carbons (Fsp3) is 0.409. The molecule has 1 heterocycles. The Balaban J connectivity index is 1.45. The highest BCUT2D eigenvalue weighted by molar-refractivity contribution is 6.31. The number of piperidine rings is 1. The van der Waals surface area contributed by atoms with Gasteiger partial charge in [-0.25, -0.2) is 0 Å². The van der Waals surface area contributed by atoms with Crippen molar-refractivity contribution < 1.29 is 4.79 Å². The van der Waals surface area contributed by atoms with E-state index < -0.39 is 0 Å². The van der Waals surface area contributed by atoms with Gasteiger partial charge >= 0.3 is 0 Å². The second kappa shape index (κ2) is 9.75. The lowest BCUT2D eigenvalue weighted by Crippen LogP contribution is -2.29. The van der Waals surface area contributed by atoms with Crippen LogP contribution in [0, 0.1) is 0 Å². The third-order valence-electron chi connectivity index (χ3n) is 4.92. The molecule has 138 valence electrons. The summed E-state index contributed by atoms with van der Waals surface area (Å²) in [6.07, 6.45) is 5.09. The SMILES string of the molecule is O=C(CCc1ccccc1Cl)NCc1cccc(CN2CCCCC2)c1. The quantitative estimate of drug-likeness (QED) is 0.774. The minimum Gasteiger partial charge on any atom is -0.352 e. The number of rotatable bonds is 7. The zero-order valence-corrected chi connectivity index (χ0v) is 16.0. The van der Waals surface area contributed by atoms with Gasteiger partial charge in [-0.1, -0.05) is 60.5 Å². The molecule has 3 nitrogen and oxygen atoms in total. The molecule has 0 aliphatic carbocycles. The summed E-state index contributed by atoms with van der Waals surface area (Å²) in [6, 6.07) is 16.2. The van der Waals surface area contributed by atoms with Gasteiger partial charge in [-0.2, -0.15) is 0 Å². The summed E-state index contributed by atoms with van der Waals surface area (Å²) >= 11 is 6.14. The molecule has 0 bridgehead atoms. The fourth-order valence-corrected chi connectivity index (χ4v) is 3.68. The molecule has 4 heteroatoms. The van der Waals surface area contributed by atoms with Gasteiger partial charge < -0.3 is 5.32 Å². The van der Waals surface area contributed by atoms with Crippen molar-refractivity contribution in [3.63, 3.8) is 0 Å². The van der Waals surface area contributed by atoms with E-state index >= 15 is 0 Å². The zero-order chi connectivity index (χ0) is 18.2. The van der Waals surface area contributed by atoms with Gasteiger partial charge in [0.2, 0.25) is 5.91 Å². The molecule has 0 aromatic heterocycles. The maximum absolute atomic E-state index is 12.1. The second-order valence-corrected chi connectivity index (χ2v) is 7.43. The van der Waals surface area contributed by atoms with Crippen molar-refractivity contribution in [3.8, 4) is 0 Å². The van der Waals surface area contributed by atoms with Crippen LogP contribution in [0.15, 0.2) is 48.5 Å². The molecule has 0 atom stereocenters. The van der Waals surface area contributed by atoms with E-state index in [9.17, 15) is 4.79 Å². The molecule has 1 N–H and O–H groups in total. The summed E-state index contributed by atoms with van der Waals surface area (Å²) in [5.41, 5.74) is 3.51. The lowest BCUT2D eigenvalue weighted by Gasteiger charge is -2.26. The van der Waals surface area contributed by atoms with Crippen molar-refractivity contribution in [2.75, 3.05) is 13.1 Å². The zero-order valence-electron chi connectivity index (χ0n) is 15.2. The number of aryl methyl sites for hydroxylation is 1. The van der Waals surface area contributed by atoms with Crippen LogP contribution in [0.4, 0.5) is 0 Å². The Bertz CT molecular complexity index is 726. The van der Waals surface area contributed by atoms with E-state index in [0.717, 1.165) is 22.7 Å². The molecule has 3 rings (SSSR count). The number of likely N-dealkylation sites (tertiary alicyclic amines) is 1. The van der Waals surface area contributed by atoms with E-state index in [4.69, 9.17) is 11.6 Å². The minimum absolute atomic E-state index is 0.0614. The smallest absolute Gasteiger partial charge is 0.220 e. The van der Waals surface area contributed by atoms with Gasteiger partial charge in [0.05, 0.1) is 0 Å². The number of halogens is 1. The molecule has 0 radical (unpaired) electrons. The number of hydrogen-bond donors (Lipinski definition) is 1. The van der Waals surface area contributed by atoms with E-state index in [-0.39, 0.29) is 5.91 Å². The lowest BCUT2D eigenvalue weighted by atomic mass is 10.1. The summed E-state index contributed by atoms with van der Waals surface area (Å²) in [6.45, 7) is 3.98. The van der Waals surface area contributed by atoms with Crippen molar-refractivity contribution in [1.29, 1.82) is 0 Å². The number of carbonyl (C=O) groups is 1. The highest BCUT2D eigenvalue weighted by Gasteiger charge is 2.11. The van der Waals surface area contributed by atoms with E-state index in [1.165, 1.54) is 37.9 Å². The van der Waals surface area contributed by atoms with E-state index in [1.54, 1.807) is 0 Å². The normalized spacial score (nSPS) is 15.0. The molecule has 0 saturated carbocycles. The molecule has 1 saturated heterocycles. The van der Waals surface area contributed by atoms with Crippen LogP contribution >= 0.6 is 11.6 Å². The summed E-state index contributed by atoms with van der Waals surface area (Å²) in [7, 11) is 0. The topological polar surface area (TPSA) is 32.3 Å². The van der Waals surface area contributed by atoms with Crippen LogP contribution in [0.2, 0.25) is 5.02 Å². The summed E-state index contributed by atoms with van der Waals surface area (Å²) < 4.78 is 0. The summed E-state index contributed by atoms with van der Waals surface area (Å²) in [5, 5.41) is 3.75. The molecule has 1 aliphatic rings. The third kappa shape index (κ3) is 5.86. The van der Waals surface area contributed by atoms with Crippen LogP contribution < -0.4 is 5.32 Å². The van der Waals surface area contributed by atoms with Gasteiger partial charge in [-0.15, -0.1) is 0 Å². The highest BCUT2D eigenvalue weighted by Crippen LogP contribution is 2.17. The first kappa shape index (κ1) is 18.9. The Morgan fingerprint density at radius 1 is 1.00 bits per heavy atom. The Hall–Kier alpha value is -1.84. The van der Waals surface area contributed by atoms with Gasteiger partial charge in [0, 0.05) is 24.5 Å². The molecule has 0 unspecified atom stereocenters. The number of hydrogen-bond acceptors (Lipinski definition) is 2. The van der Waals surface area contributed by atoms with Gasteiger partial charge in [-0.05, 0) is 55.1 Å². The molecule has 2 aromatic rings. The van der Waals surface area contributed by atoms with Gasteiger partial charge in [0.15, 0.2) is 0 Å². The monoisotopic (exact) mass is 370 g/mol. The average Bonchev–Trinajstić information content (AvgIpc) is 2.67. The molecule has 2 aromatic carbocycles. The fourth-order valence-electron chi connectivity index (χ4n) is 3.45. The highest BCUT2D eigenvalue weighted by atomic mass is 35.5. The van der Waals surface area contributed by atoms with Crippen molar-refractivity contribution in [2.45, 2.75) is 45.2 Å². The number of amides is 1. The van der Waals surface area contributed by atoms with Crippen LogP contribution in [-0.4, -0.2) is 23.9 Å². The molecular weight excluding hydrogens is 344 g/mol.